The molecule has 0 amide bonds. The molecule has 0 fully saturated rings. The summed E-state index contributed by atoms with van der Waals surface area (Å²) in [5, 5.41) is 7.70. The summed E-state index contributed by atoms with van der Waals surface area (Å²) < 4.78 is 1.70. The summed E-state index contributed by atoms with van der Waals surface area (Å²) in [5.41, 5.74) is 9.80. The Labute approximate surface area is 79.8 Å². The van der Waals surface area contributed by atoms with Crippen molar-refractivity contribution in [2.24, 2.45) is 5.11 Å². The Bertz CT molecular complexity index is 448. The van der Waals surface area contributed by atoms with Crippen LogP contribution in [0.2, 0.25) is 0 Å². The Morgan fingerprint density at radius 2 is 2.50 bits per heavy atom. The summed E-state index contributed by atoms with van der Waals surface area (Å²) in [6, 6.07) is 3.70. The summed E-state index contributed by atoms with van der Waals surface area (Å²) in [7, 11) is 0. The normalized spacial score (nSPS) is 10.0. The summed E-state index contributed by atoms with van der Waals surface area (Å²) in [6.07, 6.45) is 4.20. The molecule has 0 spiro atoms. The first kappa shape index (κ1) is 8.52. The van der Waals surface area contributed by atoms with Crippen molar-refractivity contribution in [1.29, 1.82) is 0 Å². The monoisotopic (exact) mass is 188 g/mol. The molecule has 0 atom stereocenters. The lowest BCUT2D eigenvalue weighted by Gasteiger charge is -1.87. The van der Waals surface area contributed by atoms with Gasteiger partial charge in [0.2, 0.25) is 0 Å². The van der Waals surface area contributed by atoms with Crippen LogP contribution in [0.1, 0.15) is 5.69 Å². The van der Waals surface area contributed by atoms with E-state index in [0.29, 0.717) is 13.0 Å². The van der Waals surface area contributed by atoms with Gasteiger partial charge in [-0.2, -0.15) is 5.10 Å². The number of aromatic nitrogens is 3. The molecule has 0 aliphatic heterocycles. The molecule has 0 bridgehead atoms. The van der Waals surface area contributed by atoms with Crippen LogP contribution < -0.4 is 0 Å². The third-order valence-corrected chi connectivity index (χ3v) is 1.82. The maximum atomic E-state index is 8.10. The molecule has 2 heterocycles. The first-order valence-corrected chi connectivity index (χ1v) is 4.20. The molecule has 0 saturated heterocycles. The number of fused-ring (bicyclic) bond motifs is 1. The third-order valence-electron chi connectivity index (χ3n) is 1.82. The SMILES string of the molecule is [N-]=[N+]=NCCc1cc2ncccn2n1. The fourth-order valence-electron chi connectivity index (χ4n) is 1.21. The minimum atomic E-state index is 0.431. The average molecular weight is 188 g/mol. The molecule has 0 aliphatic rings. The summed E-state index contributed by atoms with van der Waals surface area (Å²) in [6.45, 7) is 0.431. The third kappa shape index (κ3) is 1.65. The second-order valence-corrected chi connectivity index (χ2v) is 2.76. The van der Waals surface area contributed by atoms with Crippen LogP contribution in [0.5, 0.6) is 0 Å². The summed E-state index contributed by atoms with van der Waals surface area (Å²) in [4.78, 5) is 6.81. The Balaban J connectivity index is 2.22. The van der Waals surface area contributed by atoms with Gasteiger partial charge in [0.05, 0.1) is 5.69 Å². The van der Waals surface area contributed by atoms with Crippen molar-refractivity contribution in [3.8, 4) is 0 Å². The van der Waals surface area contributed by atoms with Gasteiger partial charge < -0.3 is 0 Å². The van der Waals surface area contributed by atoms with Gasteiger partial charge in [0.25, 0.3) is 0 Å². The molecule has 0 radical (unpaired) electrons. The molecule has 6 nitrogen and oxygen atoms in total. The zero-order valence-electron chi connectivity index (χ0n) is 7.41. The van der Waals surface area contributed by atoms with Crippen LogP contribution in [0.15, 0.2) is 29.6 Å². The molecular weight excluding hydrogens is 180 g/mol. The molecule has 0 saturated carbocycles. The van der Waals surface area contributed by atoms with E-state index in [0.717, 1.165) is 11.3 Å². The van der Waals surface area contributed by atoms with Gasteiger partial charge in [0, 0.05) is 29.9 Å². The first-order chi connectivity index (χ1) is 6.90. The van der Waals surface area contributed by atoms with Gasteiger partial charge in [0.1, 0.15) is 0 Å². The minimum absolute atomic E-state index is 0.431. The Kier molecular flexibility index (Phi) is 2.29. The topological polar surface area (TPSA) is 79.0 Å². The average Bonchev–Trinajstić information content (AvgIpc) is 2.60. The lowest BCUT2D eigenvalue weighted by molar-refractivity contribution is 0.851. The van der Waals surface area contributed by atoms with E-state index in [1.165, 1.54) is 0 Å². The molecule has 6 heteroatoms. The van der Waals surface area contributed by atoms with Gasteiger partial charge >= 0.3 is 0 Å². The van der Waals surface area contributed by atoms with Gasteiger partial charge in [-0.05, 0) is 18.0 Å². The highest BCUT2D eigenvalue weighted by Crippen LogP contribution is 2.03. The molecular formula is C8H8N6. The summed E-state index contributed by atoms with van der Waals surface area (Å²) in [5.74, 6) is 0. The van der Waals surface area contributed by atoms with Gasteiger partial charge in [-0.1, -0.05) is 5.11 Å². The van der Waals surface area contributed by atoms with E-state index in [9.17, 15) is 0 Å². The molecule has 2 rings (SSSR count). The molecule has 14 heavy (non-hydrogen) atoms. The van der Waals surface area contributed by atoms with Gasteiger partial charge in [-0.15, -0.1) is 0 Å². The lowest BCUT2D eigenvalue weighted by atomic mass is 10.3. The van der Waals surface area contributed by atoms with Crippen LogP contribution >= 0.6 is 0 Å². The van der Waals surface area contributed by atoms with Gasteiger partial charge in [-0.25, -0.2) is 9.50 Å². The Morgan fingerprint density at radius 3 is 3.29 bits per heavy atom. The van der Waals surface area contributed by atoms with E-state index < -0.39 is 0 Å². The second kappa shape index (κ2) is 3.76. The van der Waals surface area contributed by atoms with E-state index in [1.54, 1.807) is 10.7 Å². The molecule has 0 aromatic carbocycles. The molecule has 0 aliphatic carbocycles. The van der Waals surface area contributed by atoms with Crippen LogP contribution in [0.25, 0.3) is 16.1 Å². The highest BCUT2D eigenvalue weighted by atomic mass is 15.2. The van der Waals surface area contributed by atoms with Crippen molar-refractivity contribution < 1.29 is 0 Å². The molecule has 0 N–H and O–H groups in total. The first-order valence-electron chi connectivity index (χ1n) is 4.20. The maximum Gasteiger partial charge on any atom is 0.155 e. The van der Waals surface area contributed by atoms with Crippen LogP contribution in [-0.4, -0.2) is 21.1 Å². The van der Waals surface area contributed by atoms with Crippen LogP contribution in [0, 0.1) is 0 Å². The Hall–Kier alpha value is -2.07. The van der Waals surface area contributed by atoms with Gasteiger partial charge in [0.15, 0.2) is 5.65 Å². The minimum Gasteiger partial charge on any atom is -0.237 e. The fourth-order valence-corrected chi connectivity index (χ4v) is 1.21. The predicted molar refractivity (Wildman–Crippen MR) is 50.7 cm³/mol. The predicted octanol–water partition coefficient (Wildman–Crippen LogP) is 1.58. The molecule has 0 unspecified atom stereocenters. The van der Waals surface area contributed by atoms with Crippen molar-refractivity contribution in [1.82, 2.24) is 14.6 Å². The van der Waals surface area contributed by atoms with Crippen LogP contribution in [0.3, 0.4) is 0 Å². The largest absolute Gasteiger partial charge is 0.237 e. The van der Waals surface area contributed by atoms with E-state index in [2.05, 4.69) is 20.1 Å². The van der Waals surface area contributed by atoms with E-state index in [1.807, 2.05) is 18.3 Å². The van der Waals surface area contributed by atoms with Crippen LogP contribution in [0.4, 0.5) is 0 Å². The number of hydrogen-bond donors (Lipinski definition) is 0. The maximum absolute atomic E-state index is 8.10. The number of hydrogen-bond acceptors (Lipinski definition) is 3. The highest BCUT2D eigenvalue weighted by molar-refractivity contribution is 5.38. The molecule has 2 aromatic rings. The number of azide groups is 1. The number of rotatable bonds is 3. The highest BCUT2D eigenvalue weighted by Gasteiger charge is 1.99. The van der Waals surface area contributed by atoms with Gasteiger partial charge in [-0.3, -0.25) is 0 Å². The second-order valence-electron chi connectivity index (χ2n) is 2.76. The molecule has 2 aromatic heterocycles. The quantitative estimate of drug-likeness (QED) is 0.416. The smallest absolute Gasteiger partial charge is 0.155 e. The zero-order chi connectivity index (χ0) is 9.80. The van der Waals surface area contributed by atoms with Crippen molar-refractivity contribution >= 4 is 5.65 Å². The lowest BCUT2D eigenvalue weighted by Crippen LogP contribution is -1.91. The standard InChI is InChI=1S/C8H8N6/c9-13-11-4-2-7-6-8-10-3-1-5-14(8)12-7/h1,3,5-6H,2,4H2. The Morgan fingerprint density at radius 1 is 1.57 bits per heavy atom. The summed E-state index contributed by atoms with van der Waals surface area (Å²) >= 11 is 0. The molecule has 70 valence electrons. The van der Waals surface area contributed by atoms with E-state index >= 15 is 0 Å². The van der Waals surface area contributed by atoms with Crippen LogP contribution in [-0.2, 0) is 6.42 Å². The number of nitrogens with zero attached hydrogens (tertiary/aromatic N) is 6. The van der Waals surface area contributed by atoms with Crippen molar-refractivity contribution in [3.63, 3.8) is 0 Å². The van der Waals surface area contributed by atoms with Crippen molar-refractivity contribution in [2.75, 3.05) is 6.54 Å². The van der Waals surface area contributed by atoms with E-state index in [4.69, 9.17) is 5.53 Å². The van der Waals surface area contributed by atoms with E-state index in [-0.39, 0.29) is 0 Å². The fraction of sp³-hybridized carbons (Fsp3) is 0.250. The van der Waals surface area contributed by atoms with Crippen molar-refractivity contribution in [3.05, 3.63) is 40.7 Å². The van der Waals surface area contributed by atoms with Crippen molar-refractivity contribution in [2.45, 2.75) is 6.42 Å². The zero-order valence-corrected chi connectivity index (χ0v) is 7.41.